The Balaban J connectivity index is 1.36. The van der Waals surface area contributed by atoms with E-state index in [1.54, 1.807) is 27.8 Å². The van der Waals surface area contributed by atoms with Crippen LogP contribution in [0.2, 0.25) is 5.02 Å². The molecule has 0 saturated carbocycles. The van der Waals surface area contributed by atoms with Gasteiger partial charge in [-0.05, 0) is 36.8 Å². The molecule has 1 atom stereocenters. The molecule has 0 aliphatic carbocycles. The summed E-state index contributed by atoms with van der Waals surface area (Å²) < 4.78 is 13.4. The molecule has 5 aliphatic rings. The smallest absolute Gasteiger partial charge is 0.254 e. The number of nitrogens with zero attached hydrogens (tertiary/aromatic N) is 4. The highest BCUT2D eigenvalue weighted by Crippen LogP contribution is 2.26. The Morgan fingerprint density at radius 2 is 1.80 bits per heavy atom. The van der Waals surface area contributed by atoms with Gasteiger partial charge in [0.15, 0.2) is 0 Å². The number of carbonyl (C=O) groups excluding carboxylic acids is 2. The van der Waals surface area contributed by atoms with Crippen molar-refractivity contribution in [3.63, 3.8) is 0 Å². The van der Waals surface area contributed by atoms with Crippen LogP contribution in [-0.2, 0) is 11.3 Å². The molecule has 0 spiro atoms. The highest BCUT2D eigenvalue weighted by Gasteiger charge is 2.25. The van der Waals surface area contributed by atoms with Gasteiger partial charge in [-0.15, -0.1) is 5.10 Å². The summed E-state index contributed by atoms with van der Waals surface area (Å²) in [6.45, 7) is 2.96. The summed E-state index contributed by atoms with van der Waals surface area (Å²) in [5.41, 5.74) is 2.71. The van der Waals surface area contributed by atoms with Crippen LogP contribution in [0.15, 0.2) is 48.7 Å². The van der Waals surface area contributed by atoms with E-state index in [2.05, 4.69) is 15.6 Å². The Kier molecular flexibility index (Phi) is 6.96. The van der Waals surface area contributed by atoms with Crippen LogP contribution in [0.1, 0.15) is 33.6 Å². The maximum absolute atomic E-state index is 13.1. The summed E-state index contributed by atoms with van der Waals surface area (Å²) in [6, 6.07) is 12.4. The summed E-state index contributed by atoms with van der Waals surface area (Å²) in [4.78, 5) is 27.4. The van der Waals surface area contributed by atoms with Crippen LogP contribution in [0.25, 0.3) is 11.3 Å². The van der Waals surface area contributed by atoms with Crippen LogP contribution in [-0.4, -0.2) is 70.7 Å². The number of amides is 2. The van der Waals surface area contributed by atoms with E-state index in [1.807, 2.05) is 30.5 Å². The number of halogens is 1. The zero-order valence-corrected chi connectivity index (χ0v) is 19.9. The number of aromatic nitrogens is 3. The van der Waals surface area contributed by atoms with Gasteiger partial charge in [0, 0.05) is 49.3 Å². The first-order valence-corrected chi connectivity index (χ1v) is 12.1. The van der Waals surface area contributed by atoms with Crippen LogP contribution >= 0.6 is 11.6 Å². The van der Waals surface area contributed by atoms with Crippen LogP contribution in [0.4, 0.5) is 0 Å². The van der Waals surface area contributed by atoms with Gasteiger partial charge in [-0.25, -0.2) is 0 Å². The van der Waals surface area contributed by atoms with Crippen molar-refractivity contribution in [3.8, 4) is 17.0 Å². The van der Waals surface area contributed by atoms with Crippen molar-refractivity contribution >= 4 is 23.4 Å². The normalized spacial score (nSPS) is 19.3. The lowest BCUT2D eigenvalue weighted by molar-refractivity contribution is -0.0243. The molecule has 0 radical (unpaired) electrons. The van der Waals surface area contributed by atoms with Crippen LogP contribution in [0.3, 0.4) is 0 Å². The molecular weight excluding hydrogens is 470 g/mol. The van der Waals surface area contributed by atoms with Gasteiger partial charge in [0.05, 0.1) is 30.5 Å². The second-order valence-electron chi connectivity index (χ2n) is 8.58. The summed E-state index contributed by atoms with van der Waals surface area (Å²) in [6.07, 6.45) is 3.02. The predicted octanol–water partition coefficient (Wildman–Crippen LogP) is 3.04. The van der Waals surface area contributed by atoms with Gasteiger partial charge in [0.25, 0.3) is 11.8 Å². The fraction of sp³-hybridized carbons (Fsp3) is 0.360. The van der Waals surface area contributed by atoms with Crippen molar-refractivity contribution in [1.29, 1.82) is 0 Å². The molecule has 1 unspecified atom stereocenters. The number of nitrogens with one attached hydrogen (secondary N) is 1. The van der Waals surface area contributed by atoms with Gasteiger partial charge < -0.3 is 19.7 Å². The predicted molar refractivity (Wildman–Crippen MR) is 130 cm³/mol. The van der Waals surface area contributed by atoms with Crippen molar-refractivity contribution < 1.29 is 19.1 Å². The first-order chi connectivity index (χ1) is 17.1. The zero-order valence-electron chi connectivity index (χ0n) is 19.2. The minimum absolute atomic E-state index is 0.0364. The van der Waals surface area contributed by atoms with Crippen LogP contribution in [0.5, 0.6) is 5.75 Å². The van der Waals surface area contributed by atoms with Crippen molar-refractivity contribution in [2.24, 2.45) is 0 Å². The highest BCUT2D eigenvalue weighted by molar-refractivity contribution is 6.32. The third kappa shape index (κ3) is 5.47. The van der Waals surface area contributed by atoms with E-state index in [1.165, 1.54) is 0 Å². The SMILES string of the molecule is O=C1NCCC2CN(CCO2)C(=O)c2ccc(cc2)-c2cn(nn2)CCCOc2ccc1cc2Cl. The molecule has 1 saturated heterocycles. The second-order valence-corrected chi connectivity index (χ2v) is 8.99. The van der Waals surface area contributed by atoms with Gasteiger partial charge in [0.1, 0.15) is 11.4 Å². The Labute approximate surface area is 208 Å². The molecule has 1 fully saturated rings. The van der Waals surface area contributed by atoms with Gasteiger partial charge in [-0.3, -0.25) is 14.3 Å². The summed E-state index contributed by atoms with van der Waals surface area (Å²) >= 11 is 6.34. The monoisotopic (exact) mass is 495 g/mol. The Hall–Kier alpha value is -3.43. The molecule has 1 aromatic heterocycles. The molecule has 3 aromatic rings. The van der Waals surface area contributed by atoms with E-state index in [-0.39, 0.29) is 17.9 Å². The Morgan fingerprint density at radius 3 is 2.63 bits per heavy atom. The molecule has 8 rings (SSSR count). The topological polar surface area (TPSA) is 98.6 Å². The average Bonchev–Trinajstić information content (AvgIpc) is 3.35. The standard InChI is InChI=1S/C25H26ClN5O4/c26-21-14-19-6-7-23(21)35-12-1-10-31-16-22(28-29-31)17-2-4-18(5-3-17)25(33)30-11-13-34-20(15-30)8-9-27-24(19)32/h2-7,14,16,20H,1,8-13,15H2,(H,27,32). The summed E-state index contributed by atoms with van der Waals surface area (Å²) in [5.74, 6) is 0.273. The quantitative estimate of drug-likeness (QED) is 0.514. The summed E-state index contributed by atoms with van der Waals surface area (Å²) in [7, 11) is 0. The van der Waals surface area contributed by atoms with Gasteiger partial charge in [-0.2, -0.15) is 0 Å². The Morgan fingerprint density at radius 1 is 1.00 bits per heavy atom. The second kappa shape index (κ2) is 10.5. The maximum Gasteiger partial charge on any atom is 0.254 e. The first-order valence-electron chi connectivity index (χ1n) is 11.7. The number of carbonyl (C=O) groups is 2. The van der Waals surface area contributed by atoms with Crippen molar-refractivity contribution in [1.82, 2.24) is 25.2 Å². The molecule has 1 N–H and O–H groups in total. The van der Waals surface area contributed by atoms with Crippen LogP contribution in [0, 0.1) is 0 Å². The third-order valence-corrected chi connectivity index (χ3v) is 6.42. The third-order valence-electron chi connectivity index (χ3n) is 6.13. The molecular formula is C25H26ClN5O4. The number of benzene rings is 2. The molecule has 182 valence electrons. The lowest BCUT2D eigenvalue weighted by Crippen LogP contribution is -2.46. The van der Waals surface area contributed by atoms with Gasteiger partial charge >= 0.3 is 0 Å². The van der Waals surface area contributed by atoms with Crippen molar-refractivity contribution in [2.45, 2.75) is 25.5 Å². The van der Waals surface area contributed by atoms with Gasteiger partial charge in [-0.1, -0.05) is 28.9 Å². The number of rotatable bonds is 0. The molecule has 10 heteroatoms. The zero-order chi connectivity index (χ0) is 24.2. The molecule has 2 amide bonds. The fourth-order valence-corrected chi connectivity index (χ4v) is 4.44. The largest absolute Gasteiger partial charge is 0.492 e. The minimum atomic E-state index is -0.220. The summed E-state index contributed by atoms with van der Waals surface area (Å²) in [5, 5.41) is 11.7. The molecule has 2 aromatic carbocycles. The molecule has 8 bridgehead atoms. The van der Waals surface area contributed by atoms with Crippen LogP contribution < -0.4 is 10.1 Å². The highest BCUT2D eigenvalue weighted by atomic mass is 35.5. The lowest BCUT2D eigenvalue weighted by Gasteiger charge is -2.33. The van der Waals surface area contributed by atoms with E-state index in [9.17, 15) is 9.59 Å². The van der Waals surface area contributed by atoms with E-state index >= 15 is 0 Å². The Bertz CT molecular complexity index is 1210. The first kappa shape index (κ1) is 23.3. The number of morpholine rings is 1. The number of aryl methyl sites for hydroxylation is 1. The minimum Gasteiger partial charge on any atom is -0.492 e. The lowest BCUT2D eigenvalue weighted by atomic mass is 10.1. The molecule has 9 nitrogen and oxygen atoms in total. The van der Waals surface area contributed by atoms with E-state index in [0.29, 0.717) is 74.1 Å². The van der Waals surface area contributed by atoms with Gasteiger partial charge in [0.2, 0.25) is 0 Å². The molecule has 5 aliphatic heterocycles. The van der Waals surface area contributed by atoms with Crippen molar-refractivity contribution in [3.05, 3.63) is 64.8 Å². The average molecular weight is 496 g/mol. The maximum atomic E-state index is 13.1. The molecule has 6 heterocycles. The van der Waals surface area contributed by atoms with Crippen molar-refractivity contribution in [2.75, 3.05) is 32.8 Å². The van der Waals surface area contributed by atoms with E-state index < -0.39 is 0 Å². The fourth-order valence-electron chi connectivity index (χ4n) is 4.20. The number of ether oxygens (including phenoxy) is 2. The van der Waals surface area contributed by atoms with E-state index in [0.717, 1.165) is 11.3 Å². The number of hydrogen-bond donors (Lipinski definition) is 1. The number of hydrogen-bond acceptors (Lipinski definition) is 6. The van der Waals surface area contributed by atoms with E-state index in [4.69, 9.17) is 21.1 Å². The molecule has 35 heavy (non-hydrogen) atoms.